The smallest absolute Gasteiger partial charge is 0.222 e. The fourth-order valence-electron chi connectivity index (χ4n) is 1.41. The first kappa shape index (κ1) is 15.4. The van der Waals surface area contributed by atoms with Crippen molar-refractivity contribution in [2.24, 2.45) is 11.7 Å². The Morgan fingerprint density at radius 1 is 1.38 bits per heavy atom. The fraction of sp³-hybridized carbons (Fsp3) is 0.917. The second-order valence-corrected chi connectivity index (χ2v) is 4.62. The summed E-state index contributed by atoms with van der Waals surface area (Å²) in [7, 11) is 0. The molecule has 0 radical (unpaired) electrons. The molecule has 0 rings (SSSR count). The second-order valence-electron chi connectivity index (χ2n) is 4.62. The van der Waals surface area contributed by atoms with Crippen molar-refractivity contribution in [3.63, 3.8) is 0 Å². The van der Waals surface area contributed by atoms with Crippen molar-refractivity contribution < 1.29 is 9.90 Å². The highest BCUT2D eigenvalue weighted by atomic mass is 16.3. The van der Waals surface area contributed by atoms with Crippen molar-refractivity contribution in [3.8, 4) is 0 Å². The van der Waals surface area contributed by atoms with Gasteiger partial charge in [0.05, 0.1) is 6.10 Å². The van der Waals surface area contributed by atoms with E-state index >= 15 is 0 Å². The Balaban J connectivity index is 3.65. The van der Waals surface area contributed by atoms with Crippen LogP contribution < -0.4 is 11.1 Å². The summed E-state index contributed by atoms with van der Waals surface area (Å²) in [5.41, 5.74) is 5.64. The maximum atomic E-state index is 11.6. The van der Waals surface area contributed by atoms with Gasteiger partial charge in [0.1, 0.15) is 0 Å². The number of nitrogens with one attached hydrogen (secondary N) is 1. The van der Waals surface area contributed by atoms with Gasteiger partial charge in [-0.2, -0.15) is 0 Å². The number of rotatable bonds is 8. The number of carbonyl (C=O) groups excluding carboxylic acids is 1. The molecule has 0 saturated heterocycles. The molecule has 4 nitrogen and oxygen atoms in total. The van der Waals surface area contributed by atoms with Gasteiger partial charge in [0.15, 0.2) is 0 Å². The van der Waals surface area contributed by atoms with Crippen LogP contribution in [0.15, 0.2) is 0 Å². The third-order valence-corrected chi connectivity index (χ3v) is 2.73. The van der Waals surface area contributed by atoms with E-state index in [-0.39, 0.29) is 17.9 Å². The number of carbonyl (C=O) groups is 1. The zero-order valence-corrected chi connectivity index (χ0v) is 10.7. The lowest BCUT2D eigenvalue weighted by molar-refractivity contribution is -0.125. The summed E-state index contributed by atoms with van der Waals surface area (Å²) in [5, 5.41) is 12.1. The molecule has 0 aromatic rings. The third kappa shape index (κ3) is 7.65. The minimum atomic E-state index is -0.430. The van der Waals surface area contributed by atoms with Crippen LogP contribution >= 0.6 is 0 Å². The van der Waals surface area contributed by atoms with Gasteiger partial charge in [-0.1, -0.05) is 20.3 Å². The largest absolute Gasteiger partial charge is 0.391 e. The van der Waals surface area contributed by atoms with Gasteiger partial charge in [0, 0.05) is 18.5 Å². The van der Waals surface area contributed by atoms with Crippen molar-refractivity contribution in [1.82, 2.24) is 5.32 Å². The minimum Gasteiger partial charge on any atom is -0.391 e. The van der Waals surface area contributed by atoms with E-state index in [0.29, 0.717) is 13.0 Å². The zero-order valence-electron chi connectivity index (χ0n) is 10.7. The van der Waals surface area contributed by atoms with Crippen LogP contribution in [0.2, 0.25) is 0 Å². The van der Waals surface area contributed by atoms with E-state index in [0.717, 1.165) is 19.3 Å². The second kappa shape index (κ2) is 8.53. The third-order valence-electron chi connectivity index (χ3n) is 2.73. The molecule has 0 fully saturated rings. The van der Waals surface area contributed by atoms with Crippen molar-refractivity contribution in [3.05, 3.63) is 0 Å². The van der Waals surface area contributed by atoms with Crippen LogP contribution in [0.3, 0.4) is 0 Å². The molecule has 0 bridgehead atoms. The molecule has 0 aliphatic rings. The Kier molecular flexibility index (Phi) is 8.21. The highest BCUT2D eigenvalue weighted by Gasteiger charge is 2.13. The summed E-state index contributed by atoms with van der Waals surface area (Å²) < 4.78 is 0. The Morgan fingerprint density at radius 3 is 2.50 bits per heavy atom. The average Bonchev–Trinajstić information content (AvgIpc) is 2.24. The topological polar surface area (TPSA) is 75.3 Å². The maximum Gasteiger partial charge on any atom is 0.222 e. The summed E-state index contributed by atoms with van der Waals surface area (Å²) in [6.45, 7) is 6.13. The molecule has 0 aliphatic carbocycles. The lowest BCUT2D eigenvalue weighted by atomic mass is 10.0. The van der Waals surface area contributed by atoms with Crippen molar-refractivity contribution >= 4 is 5.91 Å². The monoisotopic (exact) mass is 230 g/mol. The highest BCUT2D eigenvalue weighted by molar-refractivity contribution is 5.78. The molecule has 3 atom stereocenters. The first-order valence-electron chi connectivity index (χ1n) is 6.18. The number of aliphatic hydroxyl groups excluding tert-OH is 1. The summed E-state index contributed by atoms with van der Waals surface area (Å²) in [6, 6.07) is 0.206. The molecule has 0 aliphatic heterocycles. The predicted molar refractivity (Wildman–Crippen MR) is 66.0 cm³/mol. The summed E-state index contributed by atoms with van der Waals surface area (Å²) in [6.07, 6.45) is 3.02. The average molecular weight is 230 g/mol. The van der Waals surface area contributed by atoms with Gasteiger partial charge in [-0.15, -0.1) is 0 Å². The van der Waals surface area contributed by atoms with Crippen molar-refractivity contribution in [1.29, 1.82) is 0 Å². The predicted octanol–water partition coefficient (Wildman–Crippen LogP) is 1.03. The first-order chi connectivity index (χ1) is 7.47. The molecular formula is C12H26N2O2. The molecule has 0 heterocycles. The van der Waals surface area contributed by atoms with Crippen LogP contribution in [0.5, 0.6) is 0 Å². The molecular weight excluding hydrogens is 204 g/mol. The SMILES string of the molecule is CCC(O)CNC(=O)C(C)CCCC(C)N. The fourth-order valence-corrected chi connectivity index (χ4v) is 1.41. The Bertz CT molecular complexity index is 195. The molecule has 0 aromatic carbocycles. The lowest BCUT2D eigenvalue weighted by Gasteiger charge is -2.14. The van der Waals surface area contributed by atoms with Crippen LogP contribution in [-0.2, 0) is 4.79 Å². The van der Waals surface area contributed by atoms with Crippen LogP contribution in [-0.4, -0.2) is 29.7 Å². The number of hydrogen-bond acceptors (Lipinski definition) is 3. The van der Waals surface area contributed by atoms with Gasteiger partial charge in [0.25, 0.3) is 0 Å². The van der Waals surface area contributed by atoms with Crippen LogP contribution in [0.25, 0.3) is 0 Å². The molecule has 0 aromatic heterocycles. The van der Waals surface area contributed by atoms with E-state index in [9.17, 15) is 9.90 Å². The number of amides is 1. The normalized spacial score (nSPS) is 16.6. The lowest BCUT2D eigenvalue weighted by Crippen LogP contribution is -2.35. The van der Waals surface area contributed by atoms with Crippen LogP contribution in [0.4, 0.5) is 0 Å². The Hall–Kier alpha value is -0.610. The van der Waals surface area contributed by atoms with Crippen molar-refractivity contribution in [2.45, 2.75) is 58.6 Å². The molecule has 96 valence electrons. The molecule has 0 saturated carbocycles. The van der Waals surface area contributed by atoms with Gasteiger partial charge >= 0.3 is 0 Å². The number of hydrogen-bond donors (Lipinski definition) is 3. The molecule has 4 heteroatoms. The molecule has 1 amide bonds. The minimum absolute atomic E-state index is 0.00260. The Morgan fingerprint density at radius 2 is 2.00 bits per heavy atom. The van der Waals surface area contributed by atoms with Gasteiger partial charge < -0.3 is 16.2 Å². The van der Waals surface area contributed by atoms with Gasteiger partial charge in [-0.3, -0.25) is 4.79 Å². The number of aliphatic hydroxyl groups is 1. The Labute approximate surface area is 98.6 Å². The van der Waals surface area contributed by atoms with Gasteiger partial charge in [0.2, 0.25) is 5.91 Å². The van der Waals surface area contributed by atoms with E-state index < -0.39 is 6.10 Å². The molecule has 3 unspecified atom stereocenters. The quantitative estimate of drug-likeness (QED) is 0.583. The van der Waals surface area contributed by atoms with E-state index in [2.05, 4.69) is 5.32 Å². The van der Waals surface area contributed by atoms with Gasteiger partial charge in [-0.25, -0.2) is 0 Å². The molecule has 4 N–H and O–H groups in total. The van der Waals surface area contributed by atoms with Crippen molar-refractivity contribution in [2.75, 3.05) is 6.54 Å². The number of nitrogens with two attached hydrogens (primary N) is 1. The highest BCUT2D eigenvalue weighted by Crippen LogP contribution is 2.09. The first-order valence-corrected chi connectivity index (χ1v) is 6.18. The summed E-state index contributed by atoms with van der Waals surface area (Å²) in [4.78, 5) is 11.6. The molecule has 16 heavy (non-hydrogen) atoms. The van der Waals surface area contributed by atoms with E-state index in [4.69, 9.17) is 5.73 Å². The molecule has 0 spiro atoms. The van der Waals surface area contributed by atoms with E-state index in [1.807, 2.05) is 20.8 Å². The maximum absolute atomic E-state index is 11.6. The van der Waals surface area contributed by atoms with E-state index in [1.165, 1.54) is 0 Å². The van der Waals surface area contributed by atoms with Crippen LogP contribution in [0, 0.1) is 5.92 Å². The summed E-state index contributed by atoms with van der Waals surface area (Å²) in [5.74, 6) is 0.0278. The zero-order chi connectivity index (χ0) is 12.6. The van der Waals surface area contributed by atoms with Crippen LogP contribution in [0.1, 0.15) is 46.5 Å². The van der Waals surface area contributed by atoms with Gasteiger partial charge in [-0.05, 0) is 26.2 Å². The summed E-state index contributed by atoms with van der Waals surface area (Å²) >= 11 is 0. The standard InChI is InChI=1S/C12H26N2O2/c1-4-11(15)8-14-12(16)9(2)6-5-7-10(3)13/h9-11,15H,4-8,13H2,1-3H3,(H,14,16). The van der Waals surface area contributed by atoms with E-state index in [1.54, 1.807) is 0 Å².